The van der Waals surface area contributed by atoms with Gasteiger partial charge in [-0.1, -0.05) is 60.7 Å². The van der Waals surface area contributed by atoms with E-state index in [4.69, 9.17) is 10.5 Å². The smallest absolute Gasteiger partial charge is 0.221 e. The number of benzene rings is 4. The van der Waals surface area contributed by atoms with Crippen molar-refractivity contribution in [1.29, 1.82) is 0 Å². The van der Waals surface area contributed by atoms with Crippen molar-refractivity contribution in [2.24, 2.45) is 5.73 Å². The first-order valence-electron chi connectivity index (χ1n) is 10.6. The number of nitrogens with zero attached hydrogens (tertiary/aromatic N) is 1. The molecule has 158 valence electrons. The van der Waals surface area contributed by atoms with Gasteiger partial charge in [0.1, 0.15) is 5.75 Å². The zero-order valence-corrected chi connectivity index (χ0v) is 17.9. The number of methoxy groups -OCH3 is 1. The Labute approximate surface area is 186 Å². The van der Waals surface area contributed by atoms with E-state index in [-0.39, 0.29) is 12.3 Å². The number of ether oxygens (including phenoxy) is 1. The van der Waals surface area contributed by atoms with Crippen LogP contribution in [0.2, 0.25) is 0 Å². The summed E-state index contributed by atoms with van der Waals surface area (Å²) < 4.78 is 7.74. The maximum absolute atomic E-state index is 11.8. The van der Waals surface area contributed by atoms with Gasteiger partial charge in [-0.05, 0) is 51.7 Å². The predicted octanol–water partition coefficient (Wildman–Crippen LogP) is 5.55. The molecule has 0 aliphatic heterocycles. The summed E-state index contributed by atoms with van der Waals surface area (Å²) in [5, 5.41) is 3.48. The molecule has 0 radical (unpaired) electrons. The minimum Gasteiger partial charge on any atom is -0.496 e. The van der Waals surface area contributed by atoms with Crippen LogP contribution < -0.4 is 10.5 Å². The molecule has 1 heterocycles. The van der Waals surface area contributed by atoms with E-state index >= 15 is 0 Å². The third kappa shape index (κ3) is 3.71. The van der Waals surface area contributed by atoms with Crippen molar-refractivity contribution in [3.63, 3.8) is 0 Å². The van der Waals surface area contributed by atoms with Crippen LogP contribution in [0.4, 0.5) is 0 Å². The quantitative estimate of drug-likeness (QED) is 0.392. The van der Waals surface area contributed by atoms with Crippen LogP contribution in [0.1, 0.15) is 11.1 Å². The molecule has 1 aromatic heterocycles. The lowest BCUT2D eigenvalue weighted by atomic mass is 10.0. The van der Waals surface area contributed by atoms with E-state index in [1.807, 2.05) is 24.3 Å². The fraction of sp³-hybridized carbons (Fsp3) is 0.107. The molecule has 0 spiro atoms. The third-order valence-corrected chi connectivity index (χ3v) is 5.91. The lowest BCUT2D eigenvalue weighted by molar-refractivity contribution is -0.117. The molecular formula is C28H24N2O2. The summed E-state index contributed by atoms with van der Waals surface area (Å²) >= 11 is 0. The first-order chi connectivity index (χ1) is 15.6. The summed E-state index contributed by atoms with van der Waals surface area (Å²) in [5.74, 6) is 0.483. The highest BCUT2D eigenvalue weighted by Gasteiger charge is 2.14. The standard InChI is InChI=1S/C28H24N2O2/c1-32-27-9-5-4-8-24(27)22-12-13-26-25(15-22)23(16-28(29)31)18-30(26)17-19-10-11-20-6-2-3-7-21(20)14-19/h2-15,18H,16-17H2,1H3,(H2,29,31). The van der Waals surface area contributed by atoms with Crippen molar-refractivity contribution >= 4 is 27.6 Å². The van der Waals surface area contributed by atoms with E-state index in [1.165, 1.54) is 16.3 Å². The first-order valence-corrected chi connectivity index (χ1v) is 10.6. The fourth-order valence-corrected chi connectivity index (χ4v) is 4.41. The van der Waals surface area contributed by atoms with E-state index < -0.39 is 0 Å². The van der Waals surface area contributed by atoms with E-state index in [9.17, 15) is 4.79 Å². The van der Waals surface area contributed by atoms with Gasteiger partial charge in [0.15, 0.2) is 0 Å². The van der Waals surface area contributed by atoms with Crippen LogP contribution in [-0.2, 0) is 17.8 Å². The van der Waals surface area contributed by atoms with Crippen LogP contribution in [0, 0.1) is 0 Å². The van der Waals surface area contributed by atoms with Gasteiger partial charge < -0.3 is 15.0 Å². The first kappa shape index (κ1) is 19.9. The molecule has 0 saturated carbocycles. The van der Waals surface area contributed by atoms with Crippen LogP contribution in [0.3, 0.4) is 0 Å². The maximum Gasteiger partial charge on any atom is 0.221 e. The van der Waals surface area contributed by atoms with Crippen LogP contribution in [0.15, 0.2) is 91.1 Å². The second-order valence-corrected chi connectivity index (χ2v) is 8.04. The van der Waals surface area contributed by atoms with Crippen LogP contribution >= 0.6 is 0 Å². The van der Waals surface area contributed by atoms with Gasteiger partial charge in [-0.2, -0.15) is 0 Å². The Morgan fingerprint density at radius 2 is 1.69 bits per heavy atom. The average Bonchev–Trinajstić information content (AvgIpc) is 3.14. The summed E-state index contributed by atoms with van der Waals surface area (Å²) in [4.78, 5) is 11.8. The van der Waals surface area contributed by atoms with Crippen LogP contribution in [0.5, 0.6) is 5.75 Å². The zero-order chi connectivity index (χ0) is 22.1. The van der Waals surface area contributed by atoms with E-state index in [0.717, 1.165) is 33.3 Å². The summed E-state index contributed by atoms with van der Waals surface area (Å²) in [6, 6.07) is 29.2. The van der Waals surface area contributed by atoms with Gasteiger partial charge in [-0.25, -0.2) is 0 Å². The third-order valence-electron chi connectivity index (χ3n) is 5.91. The zero-order valence-electron chi connectivity index (χ0n) is 17.9. The van der Waals surface area contributed by atoms with Crippen molar-refractivity contribution in [3.05, 3.63) is 102 Å². The number of amides is 1. The lowest BCUT2D eigenvalue weighted by Crippen LogP contribution is -2.13. The van der Waals surface area contributed by atoms with Crippen molar-refractivity contribution in [2.45, 2.75) is 13.0 Å². The topological polar surface area (TPSA) is 57.2 Å². The summed E-state index contributed by atoms with van der Waals surface area (Å²) in [6.45, 7) is 0.716. The Morgan fingerprint density at radius 1 is 0.906 bits per heavy atom. The van der Waals surface area contributed by atoms with Gasteiger partial charge in [0.2, 0.25) is 5.91 Å². The summed E-state index contributed by atoms with van der Waals surface area (Å²) in [7, 11) is 1.68. The number of rotatable bonds is 6. The molecule has 2 N–H and O–H groups in total. The number of para-hydroxylation sites is 1. The highest BCUT2D eigenvalue weighted by molar-refractivity contribution is 5.92. The molecule has 0 bridgehead atoms. The Bertz CT molecular complexity index is 1450. The summed E-state index contributed by atoms with van der Waals surface area (Å²) in [6.07, 6.45) is 2.26. The molecule has 32 heavy (non-hydrogen) atoms. The molecule has 0 unspecified atom stereocenters. The normalized spacial score (nSPS) is 11.2. The molecule has 0 atom stereocenters. The number of hydrogen-bond acceptors (Lipinski definition) is 2. The number of hydrogen-bond donors (Lipinski definition) is 1. The average molecular weight is 421 g/mol. The van der Waals surface area contributed by atoms with E-state index in [0.29, 0.717) is 6.54 Å². The summed E-state index contributed by atoms with van der Waals surface area (Å²) in [5.41, 5.74) is 10.8. The lowest BCUT2D eigenvalue weighted by Gasteiger charge is -2.10. The molecule has 5 rings (SSSR count). The number of nitrogens with two attached hydrogens (primary N) is 1. The van der Waals surface area contributed by atoms with Crippen molar-refractivity contribution < 1.29 is 9.53 Å². The van der Waals surface area contributed by atoms with Crippen LogP contribution in [0.25, 0.3) is 32.8 Å². The minimum atomic E-state index is -0.336. The SMILES string of the molecule is COc1ccccc1-c1ccc2c(c1)c(CC(N)=O)cn2Cc1ccc2ccccc2c1. The predicted molar refractivity (Wildman–Crippen MR) is 130 cm³/mol. The molecule has 4 aromatic carbocycles. The Hall–Kier alpha value is -4.05. The van der Waals surface area contributed by atoms with Gasteiger partial charge in [-0.15, -0.1) is 0 Å². The molecule has 5 aromatic rings. The second-order valence-electron chi connectivity index (χ2n) is 8.04. The highest BCUT2D eigenvalue weighted by atomic mass is 16.5. The fourth-order valence-electron chi connectivity index (χ4n) is 4.41. The monoisotopic (exact) mass is 420 g/mol. The Balaban J connectivity index is 1.60. The Kier molecular flexibility index (Phi) is 5.12. The molecule has 0 fully saturated rings. The number of carbonyl (C=O) groups excluding carboxylic acids is 1. The number of primary amides is 1. The van der Waals surface area contributed by atoms with Gasteiger partial charge in [-0.3, -0.25) is 4.79 Å². The second kappa shape index (κ2) is 8.23. The molecule has 4 heteroatoms. The van der Waals surface area contributed by atoms with Crippen molar-refractivity contribution in [2.75, 3.05) is 7.11 Å². The number of fused-ring (bicyclic) bond motifs is 2. The van der Waals surface area contributed by atoms with Crippen molar-refractivity contribution in [3.8, 4) is 16.9 Å². The maximum atomic E-state index is 11.8. The minimum absolute atomic E-state index is 0.205. The molecule has 0 aliphatic carbocycles. The van der Waals surface area contributed by atoms with Gasteiger partial charge in [0, 0.05) is 29.2 Å². The molecule has 1 amide bonds. The van der Waals surface area contributed by atoms with Gasteiger partial charge in [0.05, 0.1) is 13.5 Å². The van der Waals surface area contributed by atoms with Crippen molar-refractivity contribution in [1.82, 2.24) is 4.57 Å². The largest absolute Gasteiger partial charge is 0.496 e. The number of aromatic nitrogens is 1. The molecule has 4 nitrogen and oxygen atoms in total. The highest BCUT2D eigenvalue weighted by Crippen LogP contribution is 2.34. The molecule has 0 saturated heterocycles. The molecular weight excluding hydrogens is 396 g/mol. The van der Waals surface area contributed by atoms with Gasteiger partial charge >= 0.3 is 0 Å². The van der Waals surface area contributed by atoms with E-state index in [1.54, 1.807) is 7.11 Å². The number of carbonyl (C=O) groups is 1. The molecule has 0 aliphatic rings. The van der Waals surface area contributed by atoms with Gasteiger partial charge in [0.25, 0.3) is 0 Å². The van der Waals surface area contributed by atoms with Crippen LogP contribution in [-0.4, -0.2) is 17.6 Å². The Morgan fingerprint density at radius 3 is 2.50 bits per heavy atom. The van der Waals surface area contributed by atoms with E-state index in [2.05, 4.69) is 71.4 Å².